The van der Waals surface area contributed by atoms with E-state index in [2.05, 4.69) is 10.2 Å². The third-order valence-corrected chi connectivity index (χ3v) is 6.83. The summed E-state index contributed by atoms with van der Waals surface area (Å²) >= 11 is 0. The highest BCUT2D eigenvalue weighted by molar-refractivity contribution is 7.92. The van der Waals surface area contributed by atoms with Crippen LogP contribution in [0.15, 0.2) is 59.5 Å². The second-order valence-corrected chi connectivity index (χ2v) is 8.96. The molecule has 0 unspecified atom stereocenters. The summed E-state index contributed by atoms with van der Waals surface area (Å²) in [6.07, 6.45) is 3.47. The molecule has 2 aromatic carbocycles. The summed E-state index contributed by atoms with van der Waals surface area (Å²) < 4.78 is 26.6. The van der Waals surface area contributed by atoms with E-state index in [1.807, 2.05) is 0 Å². The number of sulfonamides is 1. The first kappa shape index (κ1) is 20.4. The van der Waals surface area contributed by atoms with E-state index in [9.17, 15) is 13.2 Å². The fourth-order valence-corrected chi connectivity index (χ4v) is 4.54. The van der Waals surface area contributed by atoms with E-state index in [1.165, 1.54) is 24.2 Å². The molecule has 6 nitrogen and oxygen atoms in total. The van der Waals surface area contributed by atoms with Gasteiger partial charge in [0.05, 0.1) is 10.6 Å². The average molecular weight is 402 g/mol. The van der Waals surface area contributed by atoms with Crippen molar-refractivity contribution in [3.8, 4) is 0 Å². The topological polar surface area (TPSA) is 69.7 Å². The lowest BCUT2D eigenvalue weighted by Gasteiger charge is -2.19. The quantitative estimate of drug-likeness (QED) is 0.691. The van der Waals surface area contributed by atoms with Gasteiger partial charge in [0, 0.05) is 19.2 Å². The number of carbonyl (C=O) groups excluding carboxylic acids is 1. The summed E-state index contributed by atoms with van der Waals surface area (Å²) in [5.41, 5.74) is 1.03. The van der Waals surface area contributed by atoms with Crippen molar-refractivity contribution in [1.29, 1.82) is 0 Å². The molecule has 3 rings (SSSR count). The Hall–Kier alpha value is -2.38. The van der Waals surface area contributed by atoms with Crippen LogP contribution >= 0.6 is 0 Å². The van der Waals surface area contributed by atoms with Gasteiger partial charge >= 0.3 is 0 Å². The van der Waals surface area contributed by atoms with Gasteiger partial charge in [-0.05, 0) is 75.3 Å². The van der Waals surface area contributed by atoms with Gasteiger partial charge in [0.2, 0.25) is 0 Å². The third-order valence-electron chi connectivity index (χ3n) is 5.03. The zero-order chi connectivity index (χ0) is 20.0. The molecule has 0 radical (unpaired) electrons. The highest BCUT2D eigenvalue weighted by atomic mass is 32.2. The summed E-state index contributed by atoms with van der Waals surface area (Å²) in [6.45, 7) is 3.98. The van der Waals surface area contributed by atoms with Crippen molar-refractivity contribution in [3.05, 3.63) is 60.2 Å². The lowest BCUT2D eigenvalue weighted by Crippen LogP contribution is -2.29. The molecule has 1 aliphatic heterocycles. The first-order valence-electron chi connectivity index (χ1n) is 9.63. The maximum absolute atomic E-state index is 12.7. The SMILES string of the molecule is CN(c1ccc(C(=O)NCCCN2CCCC2)cc1)S(=O)(=O)c1ccccc1. The molecule has 1 heterocycles. The van der Waals surface area contributed by atoms with Crippen molar-refractivity contribution >= 4 is 21.6 Å². The Labute approximate surface area is 167 Å². The molecule has 1 fully saturated rings. The highest BCUT2D eigenvalue weighted by Crippen LogP contribution is 2.22. The summed E-state index contributed by atoms with van der Waals surface area (Å²) in [5, 5.41) is 2.93. The molecule has 0 atom stereocenters. The Kier molecular flexibility index (Phi) is 6.70. The molecular formula is C21H27N3O3S. The van der Waals surface area contributed by atoms with Crippen molar-refractivity contribution in [1.82, 2.24) is 10.2 Å². The van der Waals surface area contributed by atoms with Crippen LogP contribution in [0.5, 0.6) is 0 Å². The van der Waals surface area contributed by atoms with E-state index in [1.54, 1.807) is 54.6 Å². The lowest BCUT2D eigenvalue weighted by molar-refractivity contribution is 0.0952. The van der Waals surface area contributed by atoms with Gasteiger partial charge in [-0.3, -0.25) is 9.10 Å². The van der Waals surface area contributed by atoms with Crippen LogP contribution in [0.3, 0.4) is 0 Å². The van der Waals surface area contributed by atoms with Gasteiger partial charge in [0.1, 0.15) is 0 Å². The first-order chi connectivity index (χ1) is 13.5. The van der Waals surface area contributed by atoms with Crippen LogP contribution in [0.25, 0.3) is 0 Å². The van der Waals surface area contributed by atoms with Crippen LogP contribution in [0.4, 0.5) is 5.69 Å². The number of anilines is 1. The van der Waals surface area contributed by atoms with Crippen LogP contribution in [-0.4, -0.2) is 52.5 Å². The Balaban J connectivity index is 1.55. The van der Waals surface area contributed by atoms with Crippen molar-refractivity contribution in [3.63, 3.8) is 0 Å². The number of benzene rings is 2. The molecule has 1 aliphatic rings. The number of rotatable bonds is 8. The van der Waals surface area contributed by atoms with Crippen molar-refractivity contribution in [2.24, 2.45) is 0 Å². The van der Waals surface area contributed by atoms with Crippen LogP contribution in [0, 0.1) is 0 Å². The van der Waals surface area contributed by atoms with E-state index < -0.39 is 10.0 Å². The van der Waals surface area contributed by atoms with Crippen LogP contribution in [0.2, 0.25) is 0 Å². The Bertz CT molecular complexity index is 877. The molecule has 0 saturated carbocycles. The third kappa shape index (κ3) is 4.91. The normalized spacial score (nSPS) is 14.8. The van der Waals surface area contributed by atoms with Gasteiger partial charge in [0.15, 0.2) is 0 Å². The number of hydrogen-bond acceptors (Lipinski definition) is 4. The number of amides is 1. The fraction of sp³-hybridized carbons (Fsp3) is 0.381. The summed E-state index contributed by atoms with van der Waals surface area (Å²) in [5.74, 6) is -0.137. The van der Waals surface area contributed by atoms with Crippen LogP contribution < -0.4 is 9.62 Å². The van der Waals surface area contributed by atoms with E-state index in [4.69, 9.17) is 0 Å². The number of nitrogens with one attached hydrogen (secondary N) is 1. The second kappa shape index (κ2) is 9.21. The molecule has 0 bridgehead atoms. The maximum atomic E-state index is 12.7. The molecule has 1 saturated heterocycles. The molecule has 1 amide bonds. The van der Waals surface area contributed by atoms with Gasteiger partial charge in [-0.25, -0.2) is 8.42 Å². The summed E-state index contributed by atoms with van der Waals surface area (Å²) in [6, 6.07) is 14.9. The largest absolute Gasteiger partial charge is 0.352 e. The minimum atomic E-state index is -3.62. The fourth-order valence-electron chi connectivity index (χ4n) is 3.32. The maximum Gasteiger partial charge on any atom is 0.264 e. The predicted molar refractivity (Wildman–Crippen MR) is 111 cm³/mol. The number of hydrogen-bond donors (Lipinski definition) is 1. The minimum absolute atomic E-state index is 0.137. The van der Waals surface area contributed by atoms with Gasteiger partial charge < -0.3 is 10.2 Å². The first-order valence-corrected chi connectivity index (χ1v) is 11.1. The molecule has 7 heteroatoms. The minimum Gasteiger partial charge on any atom is -0.352 e. The monoisotopic (exact) mass is 401 g/mol. The number of likely N-dealkylation sites (tertiary alicyclic amines) is 1. The summed E-state index contributed by atoms with van der Waals surface area (Å²) in [4.78, 5) is 14.9. The molecule has 2 aromatic rings. The van der Waals surface area contributed by atoms with Gasteiger partial charge in [-0.1, -0.05) is 18.2 Å². The highest BCUT2D eigenvalue weighted by Gasteiger charge is 2.21. The van der Waals surface area contributed by atoms with E-state index in [0.29, 0.717) is 17.8 Å². The standard InChI is InChI=1S/C21H27N3O3S/c1-23(28(26,27)20-8-3-2-4-9-20)19-12-10-18(11-13-19)21(25)22-14-7-17-24-15-5-6-16-24/h2-4,8-13H,5-7,14-17H2,1H3,(H,22,25). The molecule has 150 valence electrons. The zero-order valence-corrected chi connectivity index (χ0v) is 17.0. The average Bonchev–Trinajstić information content (AvgIpc) is 3.25. The molecule has 0 aliphatic carbocycles. The number of carbonyl (C=O) groups is 1. The molecule has 1 N–H and O–H groups in total. The molecule has 0 spiro atoms. The van der Waals surface area contributed by atoms with Gasteiger partial charge in [0.25, 0.3) is 15.9 Å². The second-order valence-electron chi connectivity index (χ2n) is 6.99. The molecule has 0 aromatic heterocycles. The van der Waals surface area contributed by atoms with Gasteiger partial charge in [-0.15, -0.1) is 0 Å². The van der Waals surface area contributed by atoms with E-state index >= 15 is 0 Å². The Morgan fingerprint density at radius 1 is 1.04 bits per heavy atom. The van der Waals surface area contributed by atoms with Crippen molar-refractivity contribution in [2.45, 2.75) is 24.2 Å². The summed E-state index contributed by atoms with van der Waals surface area (Å²) in [7, 11) is -2.11. The van der Waals surface area contributed by atoms with E-state index in [0.717, 1.165) is 26.1 Å². The Morgan fingerprint density at radius 3 is 2.32 bits per heavy atom. The van der Waals surface area contributed by atoms with E-state index in [-0.39, 0.29) is 10.8 Å². The Morgan fingerprint density at radius 2 is 1.68 bits per heavy atom. The zero-order valence-electron chi connectivity index (χ0n) is 16.2. The van der Waals surface area contributed by atoms with Crippen molar-refractivity contribution in [2.75, 3.05) is 37.5 Å². The number of nitrogens with zero attached hydrogens (tertiary/aromatic N) is 2. The lowest BCUT2D eigenvalue weighted by atomic mass is 10.2. The smallest absolute Gasteiger partial charge is 0.264 e. The van der Waals surface area contributed by atoms with Gasteiger partial charge in [-0.2, -0.15) is 0 Å². The van der Waals surface area contributed by atoms with Crippen molar-refractivity contribution < 1.29 is 13.2 Å². The predicted octanol–water partition coefficient (Wildman–Crippen LogP) is 2.73. The molecular weight excluding hydrogens is 374 g/mol. The van der Waals surface area contributed by atoms with Crippen LogP contribution in [-0.2, 0) is 10.0 Å². The molecule has 28 heavy (non-hydrogen) atoms. The van der Waals surface area contributed by atoms with Crippen LogP contribution in [0.1, 0.15) is 29.6 Å².